The molecule has 0 spiro atoms. The van der Waals surface area contributed by atoms with Crippen LogP contribution in [0, 0.1) is 0 Å². The molecule has 0 aliphatic carbocycles. The number of hydrogen-bond donors (Lipinski definition) is 2. The number of ether oxygens (including phenoxy) is 2. The Kier molecular flexibility index (Phi) is 5.28. The molecule has 2 N–H and O–H groups in total. The van der Waals surface area contributed by atoms with Crippen molar-refractivity contribution in [1.29, 1.82) is 0 Å². The highest BCUT2D eigenvalue weighted by atomic mass is 16.5. The van der Waals surface area contributed by atoms with Gasteiger partial charge in [-0.3, -0.25) is 4.79 Å². The van der Waals surface area contributed by atoms with Crippen molar-refractivity contribution >= 4 is 23.1 Å². The predicted octanol–water partition coefficient (Wildman–Crippen LogP) is 3.49. The van der Waals surface area contributed by atoms with E-state index in [-0.39, 0.29) is 11.6 Å². The van der Waals surface area contributed by atoms with Gasteiger partial charge in [0.25, 0.3) is 5.91 Å². The molecule has 0 saturated heterocycles. The van der Waals surface area contributed by atoms with E-state index in [1.165, 1.54) is 12.4 Å². The minimum absolute atomic E-state index is 0.223. The lowest BCUT2D eigenvalue weighted by Crippen LogP contribution is -2.14. The lowest BCUT2D eigenvalue weighted by Gasteiger charge is -2.08. The van der Waals surface area contributed by atoms with E-state index in [0.717, 1.165) is 17.2 Å². The molecule has 3 aromatic rings. The van der Waals surface area contributed by atoms with Crippen LogP contribution in [0.3, 0.4) is 0 Å². The van der Waals surface area contributed by atoms with E-state index < -0.39 is 0 Å². The van der Waals surface area contributed by atoms with Crippen molar-refractivity contribution in [2.24, 2.45) is 0 Å². The second-order valence-electron chi connectivity index (χ2n) is 5.32. The van der Waals surface area contributed by atoms with Gasteiger partial charge >= 0.3 is 0 Å². The molecule has 132 valence electrons. The molecule has 26 heavy (non-hydrogen) atoms. The molecule has 1 heterocycles. The van der Waals surface area contributed by atoms with E-state index in [4.69, 9.17) is 9.47 Å². The number of nitrogens with zero attached hydrogens (tertiary/aromatic N) is 2. The van der Waals surface area contributed by atoms with Crippen LogP contribution in [-0.2, 0) is 0 Å². The Morgan fingerprint density at radius 3 is 1.88 bits per heavy atom. The summed E-state index contributed by atoms with van der Waals surface area (Å²) in [5.41, 5.74) is 1.72. The first-order valence-electron chi connectivity index (χ1n) is 7.86. The maximum atomic E-state index is 12.2. The number of amides is 1. The Morgan fingerprint density at radius 2 is 1.38 bits per heavy atom. The highest BCUT2D eigenvalue weighted by Crippen LogP contribution is 2.19. The lowest BCUT2D eigenvalue weighted by atomic mass is 10.3. The minimum Gasteiger partial charge on any atom is -0.497 e. The van der Waals surface area contributed by atoms with Crippen molar-refractivity contribution in [3.8, 4) is 11.5 Å². The first-order valence-corrected chi connectivity index (χ1v) is 7.86. The zero-order valence-corrected chi connectivity index (χ0v) is 14.4. The van der Waals surface area contributed by atoms with Crippen LogP contribution in [-0.4, -0.2) is 30.1 Å². The number of benzene rings is 2. The van der Waals surface area contributed by atoms with Crippen molar-refractivity contribution < 1.29 is 14.3 Å². The second-order valence-corrected chi connectivity index (χ2v) is 5.32. The van der Waals surface area contributed by atoms with Crippen molar-refractivity contribution in [2.45, 2.75) is 0 Å². The van der Waals surface area contributed by atoms with Crippen LogP contribution in [0.1, 0.15) is 10.5 Å². The predicted molar refractivity (Wildman–Crippen MR) is 99.3 cm³/mol. The van der Waals surface area contributed by atoms with Gasteiger partial charge in [-0.15, -0.1) is 0 Å². The average Bonchev–Trinajstić information content (AvgIpc) is 2.69. The van der Waals surface area contributed by atoms with E-state index in [0.29, 0.717) is 11.5 Å². The fourth-order valence-corrected chi connectivity index (χ4v) is 2.20. The number of rotatable bonds is 6. The molecule has 1 amide bonds. The number of aromatic nitrogens is 2. The van der Waals surface area contributed by atoms with E-state index in [1.54, 1.807) is 38.5 Å². The summed E-state index contributed by atoms with van der Waals surface area (Å²) in [4.78, 5) is 20.6. The summed E-state index contributed by atoms with van der Waals surface area (Å²) in [6, 6.07) is 14.5. The van der Waals surface area contributed by atoms with E-state index in [9.17, 15) is 4.79 Å². The third-order valence-electron chi connectivity index (χ3n) is 3.59. The molecule has 0 aliphatic rings. The van der Waals surface area contributed by atoms with Crippen molar-refractivity contribution in [1.82, 2.24) is 9.97 Å². The summed E-state index contributed by atoms with van der Waals surface area (Å²) < 4.78 is 10.2. The van der Waals surface area contributed by atoms with Gasteiger partial charge in [0.1, 0.15) is 23.0 Å². The Bertz CT molecular complexity index is 863. The number of carbonyl (C=O) groups excluding carboxylic acids is 1. The standard InChI is InChI=1S/C19H18N4O3/c1-25-15-7-3-13(4-8-15)22-18-12-20-17(11-21-18)19(24)23-14-5-9-16(26-2)10-6-14/h3-12H,1-2H3,(H,21,22)(H,23,24). The van der Waals surface area contributed by atoms with Gasteiger partial charge in [-0.2, -0.15) is 0 Å². The molecule has 0 saturated carbocycles. The van der Waals surface area contributed by atoms with Crippen LogP contribution in [0.4, 0.5) is 17.2 Å². The number of hydrogen-bond acceptors (Lipinski definition) is 6. The molecule has 0 atom stereocenters. The summed E-state index contributed by atoms with van der Waals surface area (Å²) in [6.07, 6.45) is 2.93. The molecule has 7 nitrogen and oxygen atoms in total. The van der Waals surface area contributed by atoms with Gasteiger partial charge in [0.2, 0.25) is 0 Å². The van der Waals surface area contributed by atoms with Gasteiger partial charge in [-0.05, 0) is 48.5 Å². The Hall–Kier alpha value is -3.61. The summed E-state index contributed by atoms with van der Waals surface area (Å²) in [6.45, 7) is 0. The van der Waals surface area contributed by atoms with Crippen LogP contribution in [0.25, 0.3) is 0 Å². The summed E-state index contributed by atoms with van der Waals surface area (Å²) in [5, 5.41) is 5.87. The Balaban J connectivity index is 1.63. The first kappa shape index (κ1) is 17.2. The average molecular weight is 350 g/mol. The fraction of sp³-hybridized carbons (Fsp3) is 0.105. The number of carbonyl (C=O) groups is 1. The van der Waals surface area contributed by atoms with E-state index in [1.807, 2.05) is 24.3 Å². The normalized spacial score (nSPS) is 10.1. The highest BCUT2D eigenvalue weighted by molar-refractivity contribution is 6.02. The van der Waals surface area contributed by atoms with Gasteiger partial charge < -0.3 is 20.1 Å². The lowest BCUT2D eigenvalue weighted by molar-refractivity contribution is 0.102. The number of methoxy groups -OCH3 is 2. The second kappa shape index (κ2) is 7.98. The highest BCUT2D eigenvalue weighted by Gasteiger charge is 2.09. The first-order chi connectivity index (χ1) is 12.7. The monoisotopic (exact) mass is 350 g/mol. The molecule has 7 heteroatoms. The largest absolute Gasteiger partial charge is 0.497 e. The van der Waals surface area contributed by atoms with Crippen molar-refractivity contribution in [3.63, 3.8) is 0 Å². The zero-order chi connectivity index (χ0) is 18.4. The van der Waals surface area contributed by atoms with Crippen LogP contribution in [0.2, 0.25) is 0 Å². The van der Waals surface area contributed by atoms with Crippen LogP contribution in [0.5, 0.6) is 11.5 Å². The van der Waals surface area contributed by atoms with Crippen LogP contribution in [0.15, 0.2) is 60.9 Å². The molecule has 0 unspecified atom stereocenters. The zero-order valence-electron chi connectivity index (χ0n) is 14.4. The smallest absolute Gasteiger partial charge is 0.275 e. The third-order valence-corrected chi connectivity index (χ3v) is 3.59. The van der Waals surface area contributed by atoms with E-state index >= 15 is 0 Å². The van der Waals surface area contributed by atoms with Crippen molar-refractivity contribution in [2.75, 3.05) is 24.9 Å². The molecule has 0 fully saturated rings. The van der Waals surface area contributed by atoms with Gasteiger partial charge in [0, 0.05) is 11.4 Å². The van der Waals surface area contributed by atoms with Gasteiger partial charge in [0.15, 0.2) is 0 Å². The van der Waals surface area contributed by atoms with Gasteiger partial charge in [-0.25, -0.2) is 9.97 Å². The maximum absolute atomic E-state index is 12.2. The summed E-state index contributed by atoms with van der Waals surface area (Å²) in [5.74, 6) is 1.69. The molecule has 3 rings (SSSR count). The SMILES string of the molecule is COc1ccc(NC(=O)c2cnc(Nc3ccc(OC)cc3)cn2)cc1. The number of nitrogens with one attached hydrogen (secondary N) is 2. The molecular formula is C19H18N4O3. The Morgan fingerprint density at radius 1 is 0.808 bits per heavy atom. The van der Waals surface area contributed by atoms with E-state index in [2.05, 4.69) is 20.6 Å². The topological polar surface area (TPSA) is 85.4 Å². The summed E-state index contributed by atoms with van der Waals surface area (Å²) in [7, 11) is 3.20. The molecule has 0 aliphatic heterocycles. The van der Waals surface area contributed by atoms with Crippen molar-refractivity contribution in [3.05, 3.63) is 66.6 Å². The Labute approximate surface area is 151 Å². The van der Waals surface area contributed by atoms with Crippen LogP contribution >= 0.6 is 0 Å². The van der Waals surface area contributed by atoms with Gasteiger partial charge in [0.05, 0.1) is 26.6 Å². The molecule has 2 aromatic carbocycles. The number of anilines is 3. The summed E-state index contributed by atoms with van der Waals surface area (Å²) >= 11 is 0. The molecule has 0 radical (unpaired) electrons. The minimum atomic E-state index is -0.335. The van der Waals surface area contributed by atoms with Gasteiger partial charge in [-0.1, -0.05) is 0 Å². The van der Waals surface area contributed by atoms with Crippen LogP contribution < -0.4 is 20.1 Å². The molecular weight excluding hydrogens is 332 g/mol. The molecule has 1 aromatic heterocycles. The maximum Gasteiger partial charge on any atom is 0.275 e. The molecule has 0 bridgehead atoms. The third kappa shape index (κ3) is 4.27. The fourth-order valence-electron chi connectivity index (χ4n) is 2.20. The quantitative estimate of drug-likeness (QED) is 0.708.